The van der Waals surface area contributed by atoms with Gasteiger partial charge in [0.05, 0.1) is 5.56 Å². The summed E-state index contributed by atoms with van der Waals surface area (Å²) < 4.78 is 5.49. The predicted octanol–water partition coefficient (Wildman–Crippen LogP) is 5.51. The molecule has 9 nitrogen and oxygen atoms in total. The van der Waals surface area contributed by atoms with Crippen molar-refractivity contribution in [3.63, 3.8) is 0 Å². The number of rotatable bonds is 8. The molecule has 1 atom stereocenters. The summed E-state index contributed by atoms with van der Waals surface area (Å²) in [5.41, 5.74) is 3.71. The van der Waals surface area contributed by atoms with Crippen molar-refractivity contribution in [2.24, 2.45) is 0 Å². The normalized spacial score (nSPS) is 14.5. The van der Waals surface area contributed by atoms with E-state index in [-0.39, 0.29) is 11.8 Å². The molecular formula is C32H35N5O4. The largest absolute Gasteiger partial charge is 0.480 e. The van der Waals surface area contributed by atoms with E-state index in [1.165, 1.54) is 19.3 Å². The Labute approximate surface area is 239 Å². The second-order valence-corrected chi connectivity index (χ2v) is 11.5. The number of aliphatic carboxylic acids is 1. The minimum Gasteiger partial charge on any atom is -0.480 e. The lowest BCUT2D eigenvalue weighted by molar-refractivity contribution is -0.139. The van der Waals surface area contributed by atoms with Crippen LogP contribution in [0, 0.1) is 0 Å². The molecule has 5 rings (SSSR count). The molecule has 4 aromatic rings. The maximum atomic E-state index is 12.8. The fraction of sp³-hybridized carbons (Fsp3) is 0.344. The van der Waals surface area contributed by atoms with Crippen LogP contribution in [-0.4, -0.2) is 51.2 Å². The molecule has 41 heavy (non-hydrogen) atoms. The third-order valence-corrected chi connectivity index (χ3v) is 7.37. The van der Waals surface area contributed by atoms with E-state index in [2.05, 4.69) is 46.1 Å². The molecule has 0 unspecified atom stereocenters. The third-order valence-electron chi connectivity index (χ3n) is 7.37. The average Bonchev–Trinajstić information content (AvgIpc) is 3.48. The van der Waals surface area contributed by atoms with Crippen LogP contribution in [0.1, 0.15) is 61.5 Å². The third kappa shape index (κ3) is 6.80. The van der Waals surface area contributed by atoms with Crippen molar-refractivity contribution < 1.29 is 19.2 Å². The summed E-state index contributed by atoms with van der Waals surface area (Å²) in [5, 5.41) is 16.5. The van der Waals surface area contributed by atoms with Gasteiger partial charge in [0.1, 0.15) is 11.9 Å². The molecule has 0 aliphatic carbocycles. The van der Waals surface area contributed by atoms with Gasteiger partial charge < -0.3 is 19.8 Å². The van der Waals surface area contributed by atoms with Gasteiger partial charge in [0.15, 0.2) is 0 Å². The van der Waals surface area contributed by atoms with Crippen molar-refractivity contribution in [2.45, 2.75) is 57.9 Å². The summed E-state index contributed by atoms with van der Waals surface area (Å²) in [6, 6.07) is 17.3. The maximum absolute atomic E-state index is 12.8. The number of aromatic nitrogens is 3. The van der Waals surface area contributed by atoms with Crippen molar-refractivity contribution in [2.75, 3.05) is 18.0 Å². The Morgan fingerprint density at radius 3 is 2.24 bits per heavy atom. The Morgan fingerprint density at radius 1 is 0.951 bits per heavy atom. The number of carboxylic acids is 1. The number of carbonyl (C=O) groups excluding carboxylic acids is 1. The van der Waals surface area contributed by atoms with Crippen LogP contribution in [0.2, 0.25) is 0 Å². The number of amides is 1. The quantitative estimate of drug-likeness (QED) is 0.293. The molecule has 1 fully saturated rings. The van der Waals surface area contributed by atoms with E-state index in [1.807, 2.05) is 36.4 Å². The van der Waals surface area contributed by atoms with E-state index in [0.29, 0.717) is 17.3 Å². The van der Waals surface area contributed by atoms with Crippen LogP contribution in [-0.2, 0) is 16.6 Å². The minimum absolute atomic E-state index is 0.0384. The highest BCUT2D eigenvalue weighted by Crippen LogP contribution is 2.25. The SMILES string of the molecule is CC(C)(C)c1ccc(C(=O)N[C@@H](Cc2ccc(-c3noc(-c4ccc(N5CCCCC5)nc4)n3)cc2)C(=O)O)cc1. The Morgan fingerprint density at radius 2 is 1.63 bits per heavy atom. The number of carboxylic acid groups (broad SMARTS) is 1. The van der Waals surface area contributed by atoms with Crippen molar-refractivity contribution >= 4 is 17.7 Å². The van der Waals surface area contributed by atoms with Crippen LogP contribution in [0.4, 0.5) is 5.82 Å². The van der Waals surface area contributed by atoms with Gasteiger partial charge in [0.2, 0.25) is 5.82 Å². The number of anilines is 1. The summed E-state index contributed by atoms with van der Waals surface area (Å²) in [7, 11) is 0. The van der Waals surface area contributed by atoms with Crippen molar-refractivity contribution in [1.29, 1.82) is 0 Å². The van der Waals surface area contributed by atoms with E-state index in [1.54, 1.807) is 30.5 Å². The molecular weight excluding hydrogens is 518 g/mol. The number of nitrogens with zero attached hydrogens (tertiary/aromatic N) is 4. The topological polar surface area (TPSA) is 121 Å². The maximum Gasteiger partial charge on any atom is 0.326 e. The molecule has 0 radical (unpaired) electrons. The summed E-state index contributed by atoms with van der Waals surface area (Å²) in [6.45, 7) is 8.34. The molecule has 3 heterocycles. The molecule has 1 amide bonds. The van der Waals surface area contributed by atoms with Gasteiger partial charge in [-0.05, 0) is 60.1 Å². The molecule has 0 spiro atoms. The van der Waals surface area contributed by atoms with E-state index in [9.17, 15) is 14.7 Å². The first-order valence-electron chi connectivity index (χ1n) is 14.0. The smallest absolute Gasteiger partial charge is 0.326 e. The highest BCUT2D eigenvalue weighted by atomic mass is 16.5. The van der Waals surface area contributed by atoms with Crippen LogP contribution in [0.15, 0.2) is 71.4 Å². The number of benzene rings is 2. The van der Waals surface area contributed by atoms with Gasteiger partial charge >= 0.3 is 5.97 Å². The number of carbonyl (C=O) groups is 2. The lowest BCUT2D eigenvalue weighted by Crippen LogP contribution is -2.42. The molecule has 2 aromatic heterocycles. The Bertz CT molecular complexity index is 1480. The van der Waals surface area contributed by atoms with E-state index in [4.69, 9.17) is 4.52 Å². The summed E-state index contributed by atoms with van der Waals surface area (Å²) >= 11 is 0. The van der Waals surface area contributed by atoms with Gasteiger partial charge in [-0.1, -0.05) is 62.3 Å². The van der Waals surface area contributed by atoms with Crippen LogP contribution < -0.4 is 10.2 Å². The minimum atomic E-state index is -1.10. The lowest BCUT2D eigenvalue weighted by Gasteiger charge is -2.27. The Hall–Kier alpha value is -4.53. The molecule has 2 N–H and O–H groups in total. The van der Waals surface area contributed by atoms with Crippen LogP contribution in [0.3, 0.4) is 0 Å². The van der Waals surface area contributed by atoms with E-state index < -0.39 is 17.9 Å². The number of piperidine rings is 1. The first-order chi connectivity index (χ1) is 19.7. The summed E-state index contributed by atoms with van der Waals surface area (Å²) in [4.78, 5) is 36.1. The first kappa shape index (κ1) is 28.0. The fourth-order valence-corrected chi connectivity index (χ4v) is 4.87. The summed E-state index contributed by atoms with van der Waals surface area (Å²) in [5.74, 6) is 0.237. The highest BCUT2D eigenvalue weighted by molar-refractivity contribution is 5.96. The number of nitrogens with one attached hydrogen (secondary N) is 1. The van der Waals surface area contributed by atoms with Crippen molar-refractivity contribution in [3.05, 3.63) is 83.6 Å². The number of hydrogen-bond acceptors (Lipinski definition) is 7. The highest BCUT2D eigenvalue weighted by Gasteiger charge is 2.22. The van der Waals surface area contributed by atoms with Crippen LogP contribution in [0.25, 0.3) is 22.8 Å². The van der Waals surface area contributed by atoms with Gasteiger partial charge in [-0.25, -0.2) is 9.78 Å². The van der Waals surface area contributed by atoms with Gasteiger partial charge in [-0.3, -0.25) is 4.79 Å². The first-order valence-corrected chi connectivity index (χ1v) is 14.0. The number of hydrogen-bond donors (Lipinski definition) is 2. The zero-order valence-corrected chi connectivity index (χ0v) is 23.6. The fourth-order valence-electron chi connectivity index (χ4n) is 4.87. The van der Waals surface area contributed by atoms with E-state index in [0.717, 1.165) is 41.2 Å². The Kier molecular flexibility index (Phi) is 8.14. The van der Waals surface area contributed by atoms with Gasteiger partial charge in [0.25, 0.3) is 11.8 Å². The standard InChI is InChI=1S/C32H35N5O4/c1-32(2,3)25-14-11-23(12-15-25)29(38)34-26(31(39)40)19-21-7-9-22(10-8-21)28-35-30(41-36-28)24-13-16-27(33-20-24)37-17-5-4-6-18-37/h7-16,20,26H,4-6,17-19H2,1-3H3,(H,34,38)(H,39,40)/t26-/m0/s1. The van der Waals surface area contributed by atoms with Crippen LogP contribution >= 0.6 is 0 Å². The van der Waals surface area contributed by atoms with Crippen molar-refractivity contribution in [1.82, 2.24) is 20.4 Å². The predicted molar refractivity (Wildman–Crippen MR) is 157 cm³/mol. The van der Waals surface area contributed by atoms with Crippen molar-refractivity contribution in [3.8, 4) is 22.8 Å². The Balaban J connectivity index is 1.22. The van der Waals surface area contributed by atoms with Gasteiger partial charge in [-0.15, -0.1) is 0 Å². The molecule has 2 aromatic carbocycles. The lowest BCUT2D eigenvalue weighted by atomic mass is 9.86. The zero-order chi connectivity index (χ0) is 29.0. The molecule has 1 saturated heterocycles. The molecule has 0 saturated carbocycles. The molecule has 1 aliphatic heterocycles. The van der Waals surface area contributed by atoms with Gasteiger partial charge in [0, 0.05) is 36.8 Å². The molecule has 9 heteroatoms. The molecule has 1 aliphatic rings. The van der Waals surface area contributed by atoms with Gasteiger partial charge in [-0.2, -0.15) is 4.98 Å². The zero-order valence-electron chi connectivity index (χ0n) is 23.6. The van der Waals surface area contributed by atoms with Crippen LogP contribution in [0.5, 0.6) is 0 Å². The average molecular weight is 554 g/mol. The monoisotopic (exact) mass is 553 g/mol. The molecule has 0 bridgehead atoms. The summed E-state index contributed by atoms with van der Waals surface area (Å²) in [6.07, 6.45) is 5.53. The number of pyridine rings is 1. The second-order valence-electron chi connectivity index (χ2n) is 11.5. The molecule has 212 valence electrons. The second kappa shape index (κ2) is 11.9. The van der Waals surface area contributed by atoms with E-state index >= 15 is 0 Å².